The Hall–Kier alpha value is -0.815. The van der Waals surface area contributed by atoms with Crippen LogP contribution in [0.5, 0.6) is 0 Å². The van der Waals surface area contributed by atoms with Gasteiger partial charge in [0.2, 0.25) is 0 Å². The number of hydrogen-bond acceptors (Lipinski definition) is 5. The van der Waals surface area contributed by atoms with Crippen molar-refractivity contribution in [3.63, 3.8) is 0 Å². The van der Waals surface area contributed by atoms with Gasteiger partial charge in [-0.2, -0.15) is 0 Å². The second-order valence-electron chi connectivity index (χ2n) is 6.76. The van der Waals surface area contributed by atoms with E-state index in [0.29, 0.717) is 22.2 Å². The largest absolute Gasteiger partial charge is 0.466 e. The third-order valence-corrected chi connectivity index (χ3v) is 5.16. The van der Waals surface area contributed by atoms with E-state index in [1.807, 2.05) is 27.7 Å². The lowest BCUT2D eigenvalue weighted by atomic mass is 9.66. The number of pyridine rings is 1. The van der Waals surface area contributed by atoms with Crippen LogP contribution >= 0.6 is 23.2 Å². The van der Waals surface area contributed by atoms with Gasteiger partial charge in [-0.25, -0.2) is 0 Å². The van der Waals surface area contributed by atoms with E-state index < -0.39 is 24.1 Å². The van der Waals surface area contributed by atoms with Crippen molar-refractivity contribution in [2.75, 3.05) is 6.61 Å². The molecule has 0 aromatic carbocycles. The quantitative estimate of drug-likeness (QED) is 0.575. The molecular formula is C16H22BCl2NO4. The van der Waals surface area contributed by atoms with Gasteiger partial charge in [0.05, 0.1) is 34.3 Å². The molecule has 0 radical (unpaired) electrons. The maximum Gasteiger partial charge on any atom is 0.466 e. The predicted octanol–water partition coefficient (Wildman–Crippen LogP) is 4.06. The molecule has 8 heteroatoms. The standard InChI is InChI=1S/C16H22BCl2NO4/c1-6-22-13(21)7-10(14-11(18)8-20-9-12(14)19)17-23-15(2,3)16(4,5)24-17/h8-10H,6-7H2,1-5H3. The summed E-state index contributed by atoms with van der Waals surface area (Å²) in [6.45, 7) is 9.85. The topological polar surface area (TPSA) is 57.7 Å². The van der Waals surface area contributed by atoms with Gasteiger partial charge in [-0.15, -0.1) is 0 Å². The molecule has 2 rings (SSSR count). The van der Waals surface area contributed by atoms with Crippen LogP contribution in [0.1, 0.15) is 52.4 Å². The highest BCUT2D eigenvalue weighted by molar-refractivity contribution is 6.49. The van der Waals surface area contributed by atoms with E-state index in [1.165, 1.54) is 12.4 Å². The van der Waals surface area contributed by atoms with Gasteiger partial charge in [0, 0.05) is 18.2 Å². The molecule has 2 heterocycles. The van der Waals surface area contributed by atoms with Crippen LogP contribution in [0.25, 0.3) is 0 Å². The van der Waals surface area contributed by atoms with Crippen molar-refractivity contribution in [2.24, 2.45) is 0 Å². The Morgan fingerprint density at radius 2 is 1.71 bits per heavy atom. The molecule has 1 aromatic heterocycles. The van der Waals surface area contributed by atoms with Crippen molar-refractivity contribution < 1.29 is 18.8 Å². The molecule has 0 N–H and O–H groups in total. The number of hydrogen-bond donors (Lipinski definition) is 0. The van der Waals surface area contributed by atoms with Gasteiger partial charge in [0.15, 0.2) is 0 Å². The summed E-state index contributed by atoms with van der Waals surface area (Å²) in [6, 6.07) is 0. The molecule has 1 saturated heterocycles. The molecule has 0 bridgehead atoms. The molecule has 132 valence electrons. The first kappa shape index (κ1) is 19.5. The summed E-state index contributed by atoms with van der Waals surface area (Å²) in [5.41, 5.74) is -0.479. The van der Waals surface area contributed by atoms with Crippen LogP contribution in [-0.4, -0.2) is 35.9 Å². The molecule has 1 aliphatic rings. The summed E-state index contributed by atoms with van der Waals surface area (Å²) in [5.74, 6) is -0.853. The second kappa shape index (κ2) is 7.20. The zero-order valence-corrected chi connectivity index (χ0v) is 16.1. The lowest BCUT2D eigenvalue weighted by Gasteiger charge is -2.32. The molecule has 0 saturated carbocycles. The number of halogens is 2. The number of aromatic nitrogens is 1. The van der Waals surface area contributed by atoms with Gasteiger partial charge in [-0.3, -0.25) is 9.78 Å². The average molecular weight is 374 g/mol. The second-order valence-corrected chi connectivity index (χ2v) is 7.57. The normalized spacial score (nSPS) is 20.0. The number of ether oxygens (including phenoxy) is 1. The fourth-order valence-corrected chi connectivity index (χ4v) is 3.21. The molecule has 5 nitrogen and oxygen atoms in total. The monoisotopic (exact) mass is 373 g/mol. The van der Waals surface area contributed by atoms with E-state index in [-0.39, 0.29) is 12.4 Å². The molecule has 1 atom stereocenters. The highest BCUT2D eigenvalue weighted by atomic mass is 35.5. The lowest BCUT2D eigenvalue weighted by molar-refractivity contribution is -0.143. The zero-order valence-electron chi connectivity index (χ0n) is 14.6. The molecule has 0 amide bonds. The molecule has 0 aliphatic carbocycles. The third-order valence-electron chi connectivity index (χ3n) is 4.55. The highest BCUT2D eigenvalue weighted by Crippen LogP contribution is 2.44. The van der Waals surface area contributed by atoms with E-state index in [2.05, 4.69) is 4.98 Å². The van der Waals surface area contributed by atoms with E-state index in [0.717, 1.165) is 0 Å². The van der Waals surface area contributed by atoms with Crippen molar-refractivity contribution in [1.29, 1.82) is 0 Å². The third kappa shape index (κ3) is 3.88. The van der Waals surface area contributed by atoms with Gasteiger partial charge in [-0.05, 0) is 40.2 Å². The molecule has 1 fully saturated rings. The highest BCUT2D eigenvalue weighted by Gasteiger charge is 2.55. The number of nitrogens with zero attached hydrogens (tertiary/aromatic N) is 1. The maximum atomic E-state index is 12.1. The first-order valence-corrected chi connectivity index (χ1v) is 8.65. The molecule has 1 aliphatic heterocycles. The van der Waals surface area contributed by atoms with Crippen LogP contribution in [0, 0.1) is 0 Å². The first-order chi connectivity index (χ1) is 11.1. The van der Waals surface area contributed by atoms with Crippen LogP contribution in [0.2, 0.25) is 10.0 Å². The van der Waals surface area contributed by atoms with Crippen molar-refractivity contribution in [2.45, 2.75) is 58.1 Å². The molecule has 1 unspecified atom stereocenters. The summed E-state index contributed by atoms with van der Waals surface area (Å²) in [5, 5.41) is 0.734. The van der Waals surface area contributed by atoms with E-state index in [9.17, 15) is 4.79 Å². The van der Waals surface area contributed by atoms with Crippen LogP contribution in [0.3, 0.4) is 0 Å². The Morgan fingerprint density at radius 3 is 2.17 bits per heavy atom. The van der Waals surface area contributed by atoms with Gasteiger partial charge in [-0.1, -0.05) is 23.2 Å². The maximum absolute atomic E-state index is 12.1. The number of rotatable bonds is 5. The minimum Gasteiger partial charge on any atom is -0.466 e. The Morgan fingerprint density at radius 1 is 1.21 bits per heavy atom. The van der Waals surface area contributed by atoms with Crippen LogP contribution in [0.15, 0.2) is 12.4 Å². The van der Waals surface area contributed by atoms with Crippen molar-refractivity contribution >= 4 is 36.3 Å². The van der Waals surface area contributed by atoms with Crippen molar-refractivity contribution in [3.05, 3.63) is 28.0 Å². The predicted molar refractivity (Wildman–Crippen MR) is 94.3 cm³/mol. The fraction of sp³-hybridized carbons (Fsp3) is 0.625. The minimum absolute atomic E-state index is 0.0497. The summed E-state index contributed by atoms with van der Waals surface area (Å²) in [4.78, 5) is 16.1. The first-order valence-electron chi connectivity index (χ1n) is 7.89. The van der Waals surface area contributed by atoms with Gasteiger partial charge < -0.3 is 14.0 Å². The van der Waals surface area contributed by atoms with E-state index in [1.54, 1.807) is 6.92 Å². The average Bonchev–Trinajstić information content (AvgIpc) is 2.66. The smallest absolute Gasteiger partial charge is 0.466 e. The summed E-state index contributed by atoms with van der Waals surface area (Å²) < 4.78 is 17.3. The Bertz CT molecular complexity index is 588. The Balaban J connectivity index is 2.40. The molecule has 24 heavy (non-hydrogen) atoms. The Kier molecular flexibility index (Phi) is 5.85. The van der Waals surface area contributed by atoms with Gasteiger partial charge in [0.25, 0.3) is 0 Å². The Labute approximate surface area is 153 Å². The SMILES string of the molecule is CCOC(=O)CC(B1OC(C)(C)C(C)(C)O1)c1c(Cl)cncc1Cl. The summed E-state index contributed by atoms with van der Waals surface area (Å²) in [7, 11) is -0.670. The van der Waals surface area contributed by atoms with Crippen LogP contribution < -0.4 is 0 Å². The van der Waals surface area contributed by atoms with Crippen molar-refractivity contribution in [3.8, 4) is 0 Å². The lowest BCUT2D eigenvalue weighted by Crippen LogP contribution is -2.41. The molecule has 0 spiro atoms. The van der Waals surface area contributed by atoms with E-state index >= 15 is 0 Å². The molecular weight excluding hydrogens is 352 g/mol. The van der Waals surface area contributed by atoms with Gasteiger partial charge >= 0.3 is 13.1 Å². The van der Waals surface area contributed by atoms with Crippen LogP contribution in [-0.2, 0) is 18.8 Å². The number of carbonyl (C=O) groups excluding carboxylic acids is 1. The van der Waals surface area contributed by atoms with Gasteiger partial charge in [0.1, 0.15) is 0 Å². The zero-order chi connectivity index (χ0) is 18.1. The van der Waals surface area contributed by atoms with Crippen LogP contribution in [0.4, 0.5) is 0 Å². The van der Waals surface area contributed by atoms with Crippen molar-refractivity contribution in [1.82, 2.24) is 4.98 Å². The number of carbonyl (C=O) groups is 1. The summed E-state index contributed by atoms with van der Waals surface area (Å²) >= 11 is 12.6. The fourth-order valence-electron chi connectivity index (χ4n) is 2.56. The summed E-state index contributed by atoms with van der Waals surface area (Å²) in [6.07, 6.45) is 3.03. The van der Waals surface area contributed by atoms with E-state index in [4.69, 9.17) is 37.2 Å². The number of esters is 1. The molecule has 1 aromatic rings. The minimum atomic E-state index is -0.670.